The van der Waals surface area contributed by atoms with Gasteiger partial charge in [0.2, 0.25) is 0 Å². The molecule has 1 saturated carbocycles. The minimum absolute atomic E-state index is 0. The number of nitrogens with zero attached hydrogens (tertiary/aromatic N) is 4. The van der Waals surface area contributed by atoms with E-state index in [2.05, 4.69) is 60.7 Å². The van der Waals surface area contributed by atoms with Gasteiger partial charge < -0.3 is 15.2 Å². The van der Waals surface area contributed by atoms with Gasteiger partial charge in [-0.3, -0.25) is 4.99 Å². The summed E-state index contributed by atoms with van der Waals surface area (Å²) in [7, 11) is 1.82. The molecule has 2 aromatic rings. The lowest BCUT2D eigenvalue weighted by atomic mass is 9.96. The molecule has 2 heterocycles. The molecule has 1 aliphatic carbocycles. The van der Waals surface area contributed by atoms with Gasteiger partial charge in [0, 0.05) is 32.0 Å². The summed E-state index contributed by atoms with van der Waals surface area (Å²) in [4.78, 5) is 4.38. The zero-order valence-electron chi connectivity index (χ0n) is 15.9. The van der Waals surface area contributed by atoms with Gasteiger partial charge >= 0.3 is 0 Å². The van der Waals surface area contributed by atoms with Crippen molar-refractivity contribution in [2.75, 3.05) is 13.6 Å². The van der Waals surface area contributed by atoms with Crippen LogP contribution in [0.4, 0.5) is 0 Å². The molecular formula is C20H29IN6. The van der Waals surface area contributed by atoms with Crippen molar-refractivity contribution < 1.29 is 0 Å². The van der Waals surface area contributed by atoms with Gasteiger partial charge in [-0.05, 0) is 31.2 Å². The number of nitrogens with one attached hydrogen (secondary N) is 2. The zero-order valence-corrected chi connectivity index (χ0v) is 18.3. The molecule has 0 atom stereocenters. The molecule has 2 N–H and O–H groups in total. The minimum Gasteiger partial charge on any atom is -0.356 e. The van der Waals surface area contributed by atoms with E-state index in [9.17, 15) is 0 Å². The van der Waals surface area contributed by atoms with Gasteiger partial charge in [-0.2, -0.15) is 0 Å². The maximum Gasteiger partial charge on any atom is 0.191 e. The highest BCUT2D eigenvalue weighted by atomic mass is 127. The summed E-state index contributed by atoms with van der Waals surface area (Å²) >= 11 is 0. The molecule has 146 valence electrons. The number of guanidine groups is 1. The highest BCUT2D eigenvalue weighted by Crippen LogP contribution is 2.47. The monoisotopic (exact) mass is 480 g/mol. The number of halogens is 1. The Bertz CT molecular complexity index is 766. The van der Waals surface area contributed by atoms with Crippen molar-refractivity contribution in [3.8, 4) is 0 Å². The summed E-state index contributed by atoms with van der Waals surface area (Å²) in [5.41, 5.74) is 1.69. The number of fused-ring (bicyclic) bond motifs is 1. The summed E-state index contributed by atoms with van der Waals surface area (Å²) in [6.45, 7) is 2.60. The Hall–Kier alpha value is -1.64. The molecular weight excluding hydrogens is 451 g/mol. The molecule has 1 fully saturated rings. The highest BCUT2D eigenvalue weighted by molar-refractivity contribution is 14.0. The maximum atomic E-state index is 4.38. The highest BCUT2D eigenvalue weighted by Gasteiger charge is 2.44. The molecule has 1 aliphatic heterocycles. The second kappa shape index (κ2) is 9.03. The SMILES string of the molecule is CN=C(NCc1nnc2n1CCCCC2)NCC1(c2ccccc2)CC1.I. The predicted octanol–water partition coefficient (Wildman–Crippen LogP) is 3.02. The van der Waals surface area contributed by atoms with Crippen LogP contribution in [0.2, 0.25) is 0 Å². The second-order valence-electron chi connectivity index (χ2n) is 7.42. The lowest BCUT2D eigenvalue weighted by molar-refractivity contribution is 0.593. The van der Waals surface area contributed by atoms with Crippen LogP contribution in [0, 0.1) is 0 Å². The first-order chi connectivity index (χ1) is 12.8. The van der Waals surface area contributed by atoms with Crippen molar-refractivity contribution in [2.24, 2.45) is 4.99 Å². The molecule has 0 spiro atoms. The van der Waals surface area contributed by atoms with E-state index in [1.54, 1.807) is 0 Å². The molecule has 0 radical (unpaired) electrons. The predicted molar refractivity (Wildman–Crippen MR) is 119 cm³/mol. The summed E-state index contributed by atoms with van der Waals surface area (Å²) in [5, 5.41) is 15.7. The van der Waals surface area contributed by atoms with Crippen molar-refractivity contribution in [1.82, 2.24) is 25.4 Å². The smallest absolute Gasteiger partial charge is 0.191 e. The van der Waals surface area contributed by atoms with Crippen molar-refractivity contribution >= 4 is 29.9 Å². The van der Waals surface area contributed by atoms with Gasteiger partial charge in [0.25, 0.3) is 0 Å². The van der Waals surface area contributed by atoms with Gasteiger partial charge in [-0.25, -0.2) is 0 Å². The lowest BCUT2D eigenvalue weighted by Crippen LogP contribution is -2.41. The van der Waals surface area contributed by atoms with Crippen molar-refractivity contribution in [3.63, 3.8) is 0 Å². The number of hydrogen-bond donors (Lipinski definition) is 2. The van der Waals surface area contributed by atoms with E-state index in [1.807, 2.05) is 7.05 Å². The molecule has 7 heteroatoms. The Balaban J connectivity index is 0.00000210. The topological polar surface area (TPSA) is 67.1 Å². The first-order valence-corrected chi connectivity index (χ1v) is 9.72. The Morgan fingerprint density at radius 2 is 1.93 bits per heavy atom. The number of benzene rings is 1. The number of hydrogen-bond acceptors (Lipinski definition) is 3. The molecule has 2 aliphatic rings. The molecule has 0 amide bonds. The van der Waals surface area contributed by atoms with E-state index >= 15 is 0 Å². The van der Waals surface area contributed by atoms with E-state index in [-0.39, 0.29) is 29.4 Å². The molecule has 27 heavy (non-hydrogen) atoms. The molecule has 4 rings (SSSR count). The van der Waals surface area contributed by atoms with Gasteiger partial charge in [0.15, 0.2) is 11.8 Å². The molecule has 0 bridgehead atoms. The quantitative estimate of drug-likeness (QED) is 0.393. The number of aliphatic imine (C=N–C) groups is 1. The van der Waals surface area contributed by atoms with Crippen LogP contribution in [0.3, 0.4) is 0 Å². The van der Waals surface area contributed by atoms with Gasteiger partial charge in [0.1, 0.15) is 5.82 Å². The number of aromatic nitrogens is 3. The average molecular weight is 480 g/mol. The Labute approximate surface area is 178 Å². The van der Waals surface area contributed by atoms with Crippen LogP contribution >= 0.6 is 24.0 Å². The van der Waals surface area contributed by atoms with Crippen LogP contribution in [0.5, 0.6) is 0 Å². The van der Waals surface area contributed by atoms with Crippen molar-refractivity contribution in [1.29, 1.82) is 0 Å². The fraction of sp³-hybridized carbons (Fsp3) is 0.550. The van der Waals surface area contributed by atoms with Crippen molar-refractivity contribution in [3.05, 3.63) is 47.5 Å². The Morgan fingerprint density at radius 1 is 1.11 bits per heavy atom. The fourth-order valence-corrected chi connectivity index (χ4v) is 3.82. The van der Waals surface area contributed by atoms with Gasteiger partial charge in [-0.1, -0.05) is 36.8 Å². The van der Waals surface area contributed by atoms with Crippen LogP contribution in [-0.4, -0.2) is 34.3 Å². The third-order valence-corrected chi connectivity index (χ3v) is 5.66. The van der Waals surface area contributed by atoms with Crippen LogP contribution < -0.4 is 10.6 Å². The van der Waals surface area contributed by atoms with E-state index < -0.39 is 0 Å². The third-order valence-electron chi connectivity index (χ3n) is 5.66. The van der Waals surface area contributed by atoms with Gasteiger partial charge in [0.05, 0.1) is 6.54 Å². The standard InChI is InChI=1S/C20H28N6.HI/c1-21-19(23-15-20(11-12-20)16-8-4-2-5-9-16)22-14-18-25-24-17-10-6-3-7-13-26(17)18;/h2,4-5,8-9H,3,6-7,10-15H2,1H3,(H2,21,22,23);1H. The fourth-order valence-electron chi connectivity index (χ4n) is 3.82. The Morgan fingerprint density at radius 3 is 2.67 bits per heavy atom. The average Bonchev–Trinajstić information content (AvgIpc) is 3.44. The normalized spacial score (nSPS) is 18.0. The lowest BCUT2D eigenvalue weighted by Gasteiger charge is -2.19. The third kappa shape index (κ3) is 4.62. The van der Waals surface area contributed by atoms with E-state index in [1.165, 1.54) is 37.7 Å². The summed E-state index contributed by atoms with van der Waals surface area (Å²) in [6, 6.07) is 10.8. The summed E-state index contributed by atoms with van der Waals surface area (Å²) in [5.74, 6) is 2.97. The Kier molecular flexibility index (Phi) is 6.73. The first-order valence-electron chi connectivity index (χ1n) is 9.72. The van der Waals surface area contributed by atoms with Gasteiger partial charge in [-0.15, -0.1) is 34.2 Å². The number of aryl methyl sites for hydroxylation is 1. The zero-order chi connectivity index (χ0) is 17.8. The molecule has 1 aromatic heterocycles. The molecule has 6 nitrogen and oxygen atoms in total. The second-order valence-corrected chi connectivity index (χ2v) is 7.42. The van der Waals surface area contributed by atoms with E-state index in [4.69, 9.17) is 0 Å². The molecule has 0 unspecified atom stereocenters. The molecule has 1 aromatic carbocycles. The van der Waals surface area contributed by atoms with Crippen LogP contribution in [0.15, 0.2) is 35.3 Å². The first kappa shape index (κ1) is 20.1. The summed E-state index contributed by atoms with van der Waals surface area (Å²) < 4.78 is 2.28. The van der Waals surface area contributed by atoms with Crippen LogP contribution in [-0.2, 0) is 24.9 Å². The summed E-state index contributed by atoms with van der Waals surface area (Å²) in [6.07, 6.45) is 7.22. The van der Waals surface area contributed by atoms with E-state index in [0.29, 0.717) is 6.54 Å². The van der Waals surface area contributed by atoms with E-state index in [0.717, 1.165) is 37.1 Å². The van der Waals surface area contributed by atoms with Crippen LogP contribution in [0.25, 0.3) is 0 Å². The largest absolute Gasteiger partial charge is 0.356 e. The van der Waals surface area contributed by atoms with Crippen LogP contribution in [0.1, 0.15) is 49.3 Å². The maximum absolute atomic E-state index is 4.38. The number of rotatable bonds is 5. The van der Waals surface area contributed by atoms with Crippen molar-refractivity contribution in [2.45, 2.75) is 57.0 Å². The molecule has 0 saturated heterocycles. The minimum atomic E-state index is 0.